The van der Waals surface area contributed by atoms with Crippen molar-refractivity contribution in [3.8, 4) is 5.75 Å². The number of hydrogen-bond acceptors (Lipinski definition) is 4. The highest BCUT2D eigenvalue weighted by molar-refractivity contribution is 7.90. The first-order valence-corrected chi connectivity index (χ1v) is 7.48. The van der Waals surface area contributed by atoms with Crippen LogP contribution < -0.4 is 10.5 Å². The molecule has 0 heterocycles. The summed E-state index contributed by atoms with van der Waals surface area (Å²) in [5.41, 5.74) is 6.01. The molecule has 0 aliphatic rings. The Kier molecular flexibility index (Phi) is 5.10. The number of methoxy groups -OCH3 is 1. The maximum atomic E-state index is 13.4. The molecule has 0 spiro atoms. The molecule has 1 unspecified atom stereocenters. The molecule has 0 aliphatic carbocycles. The van der Waals surface area contributed by atoms with Gasteiger partial charge in [-0.1, -0.05) is 13.0 Å². The van der Waals surface area contributed by atoms with E-state index in [1.807, 2.05) is 6.92 Å². The van der Waals surface area contributed by atoms with Crippen molar-refractivity contribution in [3.05, 3.63) is 29.6 Å². The molecule has 1 aromatic carbocycles. The summed E-state index contributed by atoms with van der Waals surface area (Å²) in [7, 11) is -1.96. The topological polar surface area (TPSA) is 69.4 Å². The third kappa shape index (κ3) is 4.27. The van der Waals surface area contributed by atoms with Gasteiger partial charge >= 0.3 is 0 Å². The zero-order chi connectivity index (χ0) is 13.8. The number of nitrogens with two attached hydrogens (primary N) is 1. The van der Waals surface area contributed by atoms with E-state index in [0.29, 0.717) is 12.0 Å². The van der Waals surface area contributed by atoms with Crippen molar-refractivity contribution in [2.75, 3.05) is 12.9 Å². The van der Waals surface area contributed by atoms with Crippen LogP contribution >= 0.6 is 0 Å². The quantitative estimate of drug-likeness (QED) is 0.854. The largest absolute Gasteiger partial charge is 0.494 e. The minimum Gasteiger partial charge on any atom is -0.494 e. The van der Waals surface area contributed by atoms with Crippen molar-refractivity contribution >= 4 is 9.84 Å². The van der Waals surface area contributed by atoms with Crippen molar-refractivity contribution in [2.45, 2.75) is 25.1 Å². The lowest BCUT2D eigenvalue weighted by Crippen LogP contribution is -2.29. The van der Waals surface area contributed by atoms with Crippen LogP contribution in [-0.2, 0) is 15.6 Å². The molecule has 1 rings (SSSR count). The standard InChI is InChI=1S/C12H18FNO3S/c1-3-10(14)8-18(15,16)7-9-4-5-12(17-2)11(13)6-9/h4-6,10H,3,7-8,14H2,1-2H3. The molecule has 0 bridgehead atoms. The van der Waals surface area contributed by atoms with Gasteiger partial charge < -0.3 is 10.5 Å². The SMILES string of the molecule is CCC(N)CS(=O)(=O)Cc1ccc(OC)c(F)c1. The summed E-state index contributed by atoms with van der Waals surface area (Å²) < 4.78 is 41.8. The second-order valence-corrected chi connectivity index (χ2v) is 6.30. The summed E-state index contributed by atoms with van der Waals surface area (Å²) >= 11 is 0. The van der Waals surface area contributed by atoms with Gasteiger partial charge in [0.25, 0.3) is 0 Å². The number of halogens is 1. The summed E-state index contributed by atoms with van der Waals surface area (Å²) in [5.74, 6) is -0.759. The Morgan fingerprint density at radius 3 is 2.61 bits per heavy atom. The minimum absolute atomic E-state index is 0.0862. The van der Waals surface area contributed by atoms with Gasteiger partial charge in [-0.25, -0.2) is 12.8 Å². The van der Waals surface area contributed by atoms with Crippen LogP contribution in [0.3, 0.4) is 0 Å². The lowest BCUT2D eigenvalue weighted by Gasteiger charge is -2.10. The van der Waals surface area contributed by atoms with Gasteiger partial charge in [0.15, 0.2) is 21.4 Å². The first kappa shape index (κ1) is 14.9. The van der Waals surface area contributed by atoms with E-state index in [0.717, 1.165) is 0 Å². The molecule has 0 aliphatic heterocycles. The lowest BCUT2D eigenvalue weighted by molar-refractivity contribution is 0.386. The highest BCUT2D eigenvalue weighted by Crippen LogP contribution is 2.19. The van der Waals surface area contributed by atoms with Gasteiger partial charge in [0.1, 0.15) is 0 Å². The monoisotopic (exact) mass is 275 g/mol. The molecule has 0 saturated carbocycles. The molecule has 0 saturated heterocycles. The van der Waals surface area contributed by atoms with Crippen molar-refractivity contribution in [1.29, 1.82) is 0 Å². The normalized spacial score (nSPS) is 13.3. The maximum Gasteiger partial charge on any atom is 0.165 e. The van der Waals surface area contributed by atoms with E-state index in [-0.39, 0.29) is 23.3 Å². The number of sulfone groups is 1. The fourth-order valence-electron chi connectivity index (χ4n) is 1.56. The highest BCUT2D eigenvalue weighted by Gasteiger charge is 2.17. The molecule has 0 radical (unpaired) electrons. The van der Waals surface area contributed by atoms with Crippen molar-refractivity contribution in [2.24, 2.45) is 5.73 Å². The van der Waals surface area contributed by atoms with Crippen LogP contribution in [0.1, 0.15) is 18.9 Å². The Bertz CT molecular complexity index is 502. The molecule has 4 nitrogen and oxygen atoms in total. The Morgan fingerprint density at radius 1 is 1.44 bits per heavy atom. The molecule has 102 valence electrons. The fourth-order valence-corrected chi connectivity index (χ4v) is 3.25. The zero-order valence-electron chi connectivity index (χ0n) is 10.5. The number of hydrogen-bond donors (Lipinski definition) is 1. The molecule has 6 heteroatoms. The predicted molar refractivity (Wildman–Crippen MR) is 68.7 cm³/mol. The van der Waals surface area contributed by atoms with Gasteiger partial charge in [0, 0.05) is 6.04 Å². The Hall–Kier alpha value is -1.14. The molecular weight excluding hydrogens is 257 g/mol. The number of ether oxygens (including phenoxy) is 1. The highest BCUT2D eigenvalue weighted by atomic mass is 32.2. The molecule has 0 aromatic heterocycles. The Morgan fingerprint density at radius 2 is 2.11 bits per heavy atom. The van der Waals surface area contributed by atoms with Crippen LogP contribution in [0.2, 0.25) is 0 Å². The predicted octanol–water partition coefficient (Wildman–Crippen LogP) is 1.49. The van der Waals surface area contributed by atoms with E-state index >= 15 is 0 Å². The van der Waals surface area contributed by atoms with E-state index in [9.17, 15) is 12.8 Å². The average molecular weight is 275 g/mol. The smallest absolute Gasteiger partial charge is 0.165 e. The average Bonchev–Trinajstić information content (AvgIpc) is 2.27. The summed E-state index contributed by atoms with van der Waals surface area (Å²) in [6.07, 6.45) is 0.593. The summed E-state index contributed by atoms with van der Waals surface area (Å²) in [6, 6.07) is 3.75. The first-order chi connectivity index (χ1) is 8.38. The van der Waals surface area contributed by atoms with Crippen LogP contribution in [0.25, 0.3) is 0 Å². The van der Waals surface area contributed by atoms with Crippen LogP contribution in [-0.4, -0.2) is 27.3 Å². The van der Waals surface area contributed by atoms with E-state index in [1.165, 1.54) is 25.3 Å². The zero-order valence-corrected chi connectivity index (χ0v) is 11.3. The van der Waals surface area contributed by atoms with Gasteiger partial charge in [-0.15, -0.1) is 0 Å². The van der Waals surface area contributed by atoms with Gasteiger partial charge in [-0.2, -0.15) is 0 Å². The minimum atomic E-state index is -3.31. The van der Waals surface area contributed by atoms with Crippen LogP contribution in [0, 0.1) is 5.82 Å². The van der Waals surface area contributed by atoms with Crippen molar-refractivity contribution in [3.63, 3.8) is 0 Å². The molecule has 1 atom stereocenters. The van der Waals surface area contributed by atoms with Crippen LogP contribution in [0.15, 0.2) is 18.2 Å². The molecule has 2 N–H and O–H groups in total. The Labute approximate surface area is 107 Å². The first-order valence-electron chi connectivity index (χ1n) is 5.66. The van der Waals surface area contributed by atoms with Gasteiger partial charge in [-0.3, -0.25) is 0 Å². The second kappa shape index (κ2) is 6.15. The van der Waals surface area contributed by atoms with E-state index in [2.05, 4.69) is 0 Å². The van der Waals surface area contributed by atoms with Gasteiger partial charge in [-0.05, 0) is 24.1 Å². The molecule has 0 fully saturated rings. The summed E-state index contributed by atoms with van der Waals surface area (Å²) in [6.45, 7) is 1.83. The van der Waals surface area contributed by atoms with Crippen molar-refractivity contribution < 1.29 is 17.5 Å². The summed E-state index contributed by atoms with van der Waals surface area (Å²) in [4.78, 5) is 0. The third-order valence-electron chi connectivity index (χ3n) is 2.60. The lowest BCUT2D eigenvalue weighted by atomic mass is 10.2. The van der Waals surface area contributed by atoms with E-state index < -0.39 is 15.7 Å². The van der Waals surface area contributed by atoms with E-state index in [4.69, 9.17) is 10.5 Å². The molecule has 1 aromatic rings. The second-order valence-electron chi connectivity index (χ2n) is 4.19. The molecule has 0 amide bonds. The maximum absolute atomic E-state index is 13.4. The third-order valence-corrected chi connectivity index (χ3v) is 4.30. The van der Waals surface area contributed by atoms with Crippen LogP contribution in [0.5, 0.6) is 5.75 Å². The van der Waals surface area contributed by atoms with Gasteiger partial charge in [0.2, 0.25) is 0 Å². The molecular formula is C12H18FNO3S. The van der Waals surface area contributed by atoms with Crippen LogP contribution in [0.4, 0.5) is 4.39 Å². The Balaban J connectivity index is 2.81. The molecule has 18 heavy (non-hydrogen) atoms. The fraction of sp³-hybridized carbons (Fsp3) is 0.500. The summed E-state index contributed by atoms with van der Waals surface area (Å²) in [5, 5.41) is 0. The van der Waals surface area contributed by atoms with E-state index in [1.54, 1.807) is 0 Å². The number of benzene rings is 1. The number of rotatable bonds is 6. The van der Waals surface area contributed by atoms with Gasteiger partial charge in [0.05, 0.1) is 18.6 Å². The van der Waals surface area contributed by atoms with Crippen molar-refractivity contribution in [1.82, 2.24) is 0 Å².